The highest BCUT2D eigenvalue weighted by Gasteiger charge is 2.37. The lowest BCUT2D eigenvalue weighted by atomic mass is 9.82. The predicted molar refractivity (Wildman–Crippen MR) is 219 cm³/mol. The largest absolute Gasteiger partial charge is 0.456 e. The summed E-state index contributed by atoms with van der Waals surface area (Å²) in [5.74, 6) is 0. The summed E-state index contributed by atoms with van der Waals surface area (Å²) in [6.45, 7) is 4.72. The van der Waals surface area contributed by atoms with E-state index in [9.17, 15) is 0 Å². The van der Waals surface area contributed by atoms with Crippen molar-refractivity contribution < 1.29 is 4.42 Å². The fourth-order valence-electron chi connectivity index (χ4n) is 8.78. The minimum atomic E-state index is -0.349. The fourth-order valence-corrected chi connectivity index (χ4v) is 8.78. The molecule has 9 aromatic rings. The number of fused-ring (bicyclic) bond motifs is 9. The zero-order valence-corrected chi connectivity index (χ0v) is 29.5. The summed E-state index contributed by atoms with van der Waals surface area (Å²) in [6, 6.07) is 56.6. The number of allylic oxidation sites excluding steroid dienone is 1. The van der Waals surface area contributed by atoms with Crippen LogP contribution in [0.25, 0.3) is 71.7 Å². The molecule has 252 valence electrons. The second kappa shape index (κ2) is 11.2. The van der Waals surface area contributed by atoms with Crippen molar-refractivity contribution in [1.29, 1.82) is 0 Å². The Morgan fingerprint density at radius 3 is 2.02 bits per heavy atom. The van der Waals surface area contributed by atoms with Gasteiger partial charge in [-0.2, -0.15) is 0 Å². The third-order valence-electron chi connectivity index (χ3n) is 11.4. The highest BCUT2D eigenvalue weighted by molar-refractivity contribution is 6.14. The van der Waals surface area contributed by atoms with Crippen LogP contribution in [0.4, 0.5) is 0 Å². The number of hydrogen-bond acceptors (Lipinski definition) is 3. The van der Waals surface area contributed by atoms with Gasteiger partial charge in [0.15, 0.2) is 0 Å². The van der Waals surface area contributed by atoms with Gasteiger partial charge in [-0.1, -0.05) is 129 Å². The number of aliphatic imine (C=N–C) groups is 1. The fraction of sp³-hybridized carbons (Fsp3) is 0.0816. The zero-order chi connectivity index (χ0) is 35.3. The average Bonchev–Trinajstić information content (AvgIpc) is 3.82. The molecule has 4 heteroatoms. The number of nitrogens with one attached hydrogen (secondary N) is 1. The third-order valence-corrected chi connectivity index (χ3v) is 11.4. The Bertz CT molecular complexity index is 3000. The molecule has 1 unspecified atom stereocenters. The van der Waals surface area contributed by atoms with Gasteiger partial charge in [-0.15, -0.1) is 0 Å². The molecule has 1 aliphatic heterocycles. The van der Waals surface area contributed by atoms with Crippen molar-refractivity contribution in [2.24, 2.45) is 4.99 Å². The molecule has 4 nitrogen and oxygen atoms in total. The number of hydrogen-bond donors (Lipinski definition) is 1. The van der Waals surface area contributed by atoms with Crippen LogP contribution < -0.4 is 5.32 Å². The van der Waals surface area contributed by atoms with Gasteiger partial charge in [0.2, 0.25) is 6.29 Å². The Balaban J connectivity index is 1.09. The smallest absolute Gasteiger partial charge is 0.201 e. The standard InChI is InChI=1S/C49H35N3O/c1-49(2)40-23-21-32(33-22-24-47-39(26-33)35-18-10-12-20-46(35)53-47)25-36(40)37-27-38-34-17-9-11-19-44(34)52(45(38)28-41(37)49)48-50-42(30-13-5-3-6-14-30)29-43(51-48)31-15-7-4-8-16-31/h3-29,48,50H,1-2H3. The van der Waals surface area contributed by atoms with E-state index in [0.717, 1.165) is 50.0 Å². The first-order chi connectivity index (χ1) is 26.0. The normalized spacial score (nSPS) is 16.1. The Hall–Kier alpha value is -6.65. The number of nitrogens with zero attached hydrogens (tertiary/aromatic N) is 2. The summed E-state index contributed by atoms with van der Waals surface area (Å²) in [5, 5.41) is 8.59. The molecule has 0 amide bonds. The molecule has 53 heavy (non-hydrogen) atoms. The zero-order valence-electron chi connectivity index (χ0n) is 29.5. The van der Waals surface area contributed by atoms with Crippen LogP contribution in [-0.2, 0) is 5.41 Å². The number of furan rings is 1. The quantitative estimate of drug-likeness (QED) is 0.201. The third kappa shape index (κ3) is 4.52. The molecule has 1 N–H and O–H groups in total. The lowest BCUT2D eigenvalue weighted by molar-refractivity contribution is 0.508. The first kappa shape index (κ1) is 30.0. The molecule has 0 saturated heterocycles. The number of aromatic nitrogens is 1. The molecule has 0 fully saturated rings. The van der Waals surface area contributed by atoms with Crippen molar-refractivity contribution in [2.45, 2.75) is 25.6 Å². The van der Waals surface area contributed by atoms with Crippen LogP contribution in [0.1, 0.15) is 42.4 Å². The van der Waals surface area contributed by atoms with E-state index in [2.05, 4.69) is 175 Å². The Kier molecular flexibility index (Phi) is 6.33. The van der Waals surface area contributed by atoms with E-state index in [1.807, 2.05) is 12.1 Å². The van der Waals surface area contributed by atoms with Gasteiger partial charge in [0.05, 0.1) is 16.7 Å². The molecule has 7 aromatic carbocycles. The van der Waals surface area contributed by atoms with Crippen LogP contribution in [0, 0.1) is 0 Å². The van der Waals surface area contributed by atoms with Crippen molar-refractivity contribution in [3.05, 3.63) is 186 Å². The van der Waals surface area contributed by atoms with Gasteiger partial charge in [0, 0.05) is 32.7 Å². The lowest BCUT2D eigenvalue weighted by Crippen LogP contribution is -2.29. The summed E-state index contributed by atoms with van der Waals surface area (Å²) in [5.41, 5.74) is 15.9. The molecule has 1 aliphatic carbocycles. The van der Waals surface area contributed by atoms with E-state index in [1.165, 1.54) is 49.7 Å². The summed E-state index contributed by atoms with van der Waals surface area (Å²) in [4.78, 5) is 5.41. The number of benzene rings is 7. The summed E-state index contributed by atoms with van der Waals surface area (Å²) in [6.07, 6.45) is 1.83. The average molecular weight is 682 g/mol. The van der Waals surface area contributed by atoms with Gasteiger partial charge in [-0.3, -0.25) is 0 Å². The maximum Gasteiger partial charge on any atom is 0.201 e. The van der Waals surface area contributed by atoms with E-state index >= 15 is 0 Å². The molecule has 0 radical (unpaired) electrons. The van der Waals surface area contributed by atoms with Crippen molar-refractivity contribution in [2.75, 3.05) is 0 Å². The molecule has 0 bridgehead atoms. The maximum absolute atomic E-state index is 6.15. The van der Waals surface area contributed by atoms with Crippen molar-refractivity contribution in [3.8, 4) is 22.3 Å². The van der Waals surface area contributed by atoms with E-state index < -0.39 is 0 Å². The Morgan fingerprint density at radius 2 is 1.19 bits per heavy atom. The molecule has 2 aliphatic rings. The van der Waals surface area contributed by atoms with Crippen LogP contribution in [0.5, 0.6) is 0 Å². The Morgan fingerprint density at radius 1 is 0.528 bits per heavy atom. The molecule has 0 spiro atoms. The molecular weight excluding hydrogens is 647 g/mol. The van der Waals surface area contributed by atoms with Crippen LogP contribution in [-0.4, -0.2) is 10.3 Å². The first-order valence-corrected chi connectivity index (χ1v) is 18.3. The number of para-hydroxylation sites is 2. The van der Waals surface area contributed by atoms with Gasteiger partial charge in [-0.25, -0.2) is 4.99 Å². The van der Waals surface area contributed by atoms with Crippen LogP contribution in [0.15, 0.2) is 173 Å². The van der Waals surface area contributed by atoms with Gasteiger partial charge in [-0.05, 0) is 93.0 Å². The van der Waals surface area contributed by atoms with E-state index in [4.69, 9.17) is 9.41 Å². The van der Waals surface area contributed by atoms with Crippen molar-refractivity contribution in [1.82, 2.24) is 9.88 Å². The molecule has 0 saturated carbocycles. The van der Waals surface area contributed by atoms with E-state index in [0.29, 0.717) is 0 Å². The maximum atomic E-state index is 6.15. The molecule has 2 aromatic heterocycles. The van der Waals surface area contributed by atoms with E-state index in [1.54, 1.807) is 0 Å². The van der Waals surface area contributed by atoms with Crippen LogP contribution in [0.3, 0.4) is 0 Å². The lowest BCUT2D eigenvalue weighted by Gasteiger charge is -2.27. The minimum absolute atomic E-state index is 0.184. The van der Waals surface area contributed by atoms with E-state index in [-0.39, 0.29) is 11.7 Å². The molecule has 1 atom stereocenters. The molecular formula is C49H35N3O. The summed E-state index contributed by atoms with van der Waals surface area (Å²) < 4.78 is 8.55. The monoisotopic (exact) mass is 681 g/mol. The summed E-state index contributed by atoms with van der Waals surface area (Å²) in [7, 11) is 0. The predicted octanol–water partition coefficient (Wildman–Crippen LogP) is 12.3. The second-order valence-electron chi connectivity index (χ2n) is 14.8. The van der Waals surface area contributed by atoms with Gasteiger partial charge < -0.3 is 14.3 Å². The van der Waals surface area contributed by atoms with Crippen molar-refractivity contribution in [3.63, 3.8) is 0 Å². The molecule has 3 heterocycles. The van der Waals surface area contributed by atoms with Crippen LogP contribution in [0.2, 0.25) is 0 Å². The minimum Gasteiger partial charge on any atom is -0.456 e. The highest BCUT2D eigenvalue weighted by atomic mass is 16.3. The van der Waals surface area contributed by atoms with Gasteiger partial charge >= 0.3 is 0 Å². The SMILES string of the molecule is CC1(C)c2ccc(-c3ccc4oc5ccccc5c4c3)cc2-c2cc3c4ccccc4n(C4N=C(c5ccccc5)C=C(c5ccccc5)N4)c3cc21. The van der Waals surface area contributed by atoms with Crippen LogP contribution >= 0.6 is 0 Å². The first-order valence-electron chi connectivity index (χ1n) is 18.3. The summed E-state index contributed by atoms with van der Waals surface area (Å²) >= 11 is 0. The van der Waals surface area contributed by atoms with Crippen molar-refractivity contribution >= 4 is 55.2 Å². The second-order valence-corrected chi connectivity index (χ2v) is 14.8. The molecule has 11 rings (SSSR count). The topological polar surface area (TPSA) is 42.5 Å². The highest BCUT2D eigenvalue weighted by Crippen LogP contribution is 2.52. The van der Waals surface area contributed by atoms with Gasteiger partial charge in [0.1, 0.15) is 11.2 Å². The Labute approximate surface area is 307 Å². The number of rotatable bonds is 4. The van der Waals surface area contributed by atoms with Gasteiger partial charge in [0.25, 0.3) is 0 Å².